The number of methoxy groups -OCH3 is 1. The maximum absolute atomic E-state index is 13.5. The van der Waals surface area contributed by atoms with Gasteiger partial charge in [0.1, 0.15) is 5.25 Å². The van der Waals surface area contributed by atoms with Crippen LogP contribution in [-0.2, 0) is 14.3 Å². The fourth-order valence-electron chi connectivity index (χ4n) is 7.03. The summed E-state index contributed by atoms with van der Waals surface area (Å²) < 4.78 is 40.1. The van der Waals surface area contributed by atoms with Gasteiger partial charge in [0.2, 0.25) is 0 Å². The Balaban J connectivity index is 1.52. The molecule has 3 N–H and O–H groups in total. The number of benzene rings is 4. The number of aliphatic hydroxyl groups excluding tert-OH is 2. The van der Waals surface area contributed by atoms with Crippen LogP contribution in [0.3, 0.4) is 0 Å². The van der Waals surface area contributed by atoms with E-state index in [0.29, 0.717) is 26.9 Å². The van der Waals surface area contributed by atoms with Crippen molar-refractivity contribution < 1.29 is 32.9 Å². The van der Waals surface area contributed by atoms with Gasteiger partial charge in [-0.25, -0.2) is 8.42 Å². The van der Waals surface area contributed by atoms with Crippen LogP contribution in [0.5, 0.6) is 11.5 Å². The second kappa shape index (κ2) is 16.0. The van der Waals surface area contributed by atoms with E-state index in [1.54, 1.807) is 6.07 Å². The molecule has 1 heterocycles. The Labute approximate surface area is 310 Å². The van der Waals surface area contributed by atoms with Gasteiger partial charge in [-0.05, 0) is 90.8 Å². The number of ether oxygens (including phenoxy) is 1. The second-order valence-electron chi connectivity index (χ2n) is 13.6. The first kappa shape index (κ1) is 38.0. The van der Waals surface area contributed by atoms with Crippen LogP contribution in [0.1, 0.15) is 44.7 Å². The van der Waals surface area contributed by atoms with Crippen molar-refractivity contribution in [3.63, 3.8) is 0 Å². The molecule has 4 aromatic carbocycles. The summed E-state index contributed by atoms with van der Waals surface area (Å²) in [6, 6.07) is 33.7. The lowest BCUT2D eigenvalue weighted by Crippen LogP contribution is -2.66. The molecule has 4 aromatic rings. The Morgan fingerprint density at radius 2 is 1.52 bits per heavy atom. The van der Waals surface area contributed by atoms with E-state index in [1.807, 2.05) is 78.9 Å². The molecular weight excluding hydrogens is 779 g/mol. The van der Waals surface area contributed by atoms with Gasteiger partial charge in [-0.3, -0.25) is 0 Å². The summed E-state index contributed by atoms with van der Waals surface area (Å²) in [6.07, 6.45) is 1.48. The van der Waals surface area contributed by atoms with Gasteiger partial charge in [0.05, 0.1) is 35.8 Å². The summed E-state index contributed by atoms with van der Waals surface area (Å²) in [7, 11) is -5.28. The number of halogens is 1. The average molecular weight is 825 g/mol. The maximum atomic E-state index is 13.5. The molecule has 0 aliphatic carbocycles. The minimum Gasteiger partial charge on any atom is -0.504 e. The van der Waals surface area contributed by atoms with Crippen molar-refractivity contribution in [2.45, 2.75) is 50.0 Å². The zero-order chi connectivity index (χ0) is 36.1. The van der Waals surface area contributed by atoms with E-state index in [1.165, 1.54) is 7.11 Å². The van der Waals surface area contributed by atoms with Crippen molar-refractivity contribution >= 4 is 62.8 Å². The third-order valence-corrected chi connectivity index (χ3v) is 17.2. The third kappa shape index (κ3) is 7.95. The second-order valence-corrected chi connectivity index (χ2v) is 21.3. The fourth-order valence-corrected chi connectivity index (χ4v) is 14.1. The van der Waals surface area contributed by atoms with Gasteiger partial charge in [-0.2, -0.15) is 0 Å². The molecule has 5 rings (SSSR count). The van der Waals surface area contributed by atoms with Gasteiger partial charge in [-0.1, -0.05) is 118 Å². The number of aliphatic hydroxyl groups is 2. The number of hydrogen-bond acceptors (Lipinski definition) is 7. The topological polar surface area (TPSA) is 113 Å². The lowest BCUT2D eigenvalue weighted by Gasteiger charge is -2.43. The first-order valence-electron chi connectivity index (χ1n) is 16.6. The van der Waals surface area contributed by atoms with Gasteiger partial charge in [-0.15, -0.1) is 0 Å². The zero-order valence-electron chi connectivity index (χ0n) is 28.8. The van der Waals surface area contributed by atoms with E-state index in [2.05, 4.69) is 67.6 Å². The van der Waals surface area contributed by atoms with Crippen LogP contribution in [0.4, 0.5) is 0 Å². The molecule has 0 fully saturated rings. The van der Waals surface area contributed by atoms with Gasteiger partial charge in [0.25, 0.3) is 8.32 Å². The van der Waals surface area contributed by atoms with Gasteiger partial charge >= 0.3 is 0 Å². The first-order valence-corrected chi connectivity index (χ1v) is 21.3. The van der Waals surface area contributed by atoms with Crippen LogP contribution < -0.4 is 15.1 Å². The van der Waals surface area contributed by atoms with Gasteiger partial charge < -0.3 is 24.5 Å². The highest BCUT2D eigenvalue weighted by Crippen LogP contribution is 2.40. The van der Waals surface area contributed by atoms with Crippen LogP contribution in [0, 0.1) is 3.57 Å². The summed E-state index contributed by atoms with van der Waals surface area (Å²) in [5, 5.41) is 33.2. The first-order chi connectivity index (χ1) is 23.8. The Hall–Kier alpha value is -3.26. The number of sulfone groups is 1. The predicted molar refractivity (Wildman–Crippen MR) is 212 cm³/mol. The molecule has 2 atom stereocenters. The van der Waals surface area contributed by atoms with E-state index in [4.69, 9.17) is 9.16 Å². The van der Waals surface area contributed by atoms with Crippen LogP contribution in [0.15, 0.2) is 114 Å². The molecular formula is C40H45IO7SSi. The molecule has 7 nitrogen and oxygen atoms in total. The average Bonchev–Trinajstić information content (AvgIpc) is 3.37. The smallest absolute Gasteiger partial charge is 0.261 e. The molecule has 264 valence electrons. The molecule has 0 saturated carbocycles. The zero-order valence-corrected chi connectivity index (χ0v) is 32.8. The molecule has 0 saturated heterocycles. The Kier molecular flexibility index (Phi) is 12.1. The highest BCUT2D eigenvalue weighted by atomic mass is 127. The fraction of sp³-hybridized carbons (Fsp3) is 0.300. The van der Waals surface area contributed by atoms with Crippen LogP contribution in [0.25, 0.3) is 11.6 Å². The summed E-state index contributed by atoms with van der Waals surface area (Å²) in [5.41, 5.74) is 3.52. The quantitative estimate of drug-likeness (QED) is 0.0624. The molecule has 1 aliphatic rings. The van der Waals surface area contributed by atoms with E-state index in [0.717, 1.165) is 27.1 Å². The monoisotopic (exact) mass is 824 g/mol. The molecule has 0 aromatic heterocycles. The number of hydrogen-bond donors (Lipinski definition) is 3. The number of rotatable bonds is 13. The molecule has 0 radical (unpaired) electrons. The minimum atomic E-state index is -3.77. The van der Waals surface area contributed by atoms with Gasteiger partial charge in [0.15, 0.2) is 21.3 Å². The molecule has 0 unspecified atom stereocenters. The number of phenolic OH excluding ortho intramolecular Hbond substituents is 1. The van der Waals surface area contributed by atoms with Crippen LogP contribution >= 0.6 is 22.6 Å². The molecule has 50 heavy (non-hydrogen) atoms. The van der Waals surface area contributed by atoms with Crippen molar-refractivity contribution in [1.29, 1.82) is 0 Å². The lowest BCUT2D eigenvalue weighted by molar-refractivity contribution is 0.188. The number of phenols is 1. The highest BCUT2D eigenvalue weighted by molar-refractivity contribution is 14.1. The Morgan fingerprint density at radius 3 is 2.04 bits per heavy atom. The minimum absolute atomic E-state index is 0.0164. The molecule has 0 amide bonds. The van der Waals surface area contributed by atoms with Crippen molar-refractivity contribution in [2.24, 2.45) is 0 Å². The van der Waals surface area contributed by atoms with E-state index in [-0.39, 0.29) is 29.6 Å². The van der Waals surface area contributed by atoms with E-state index >= 15 is 0 Å². The Bertz CT molecular complexity index is 1900. The summed E-state index contributed by atoms with van der Waals surface area (Å²) in [4.78, 5) is 0. The van der Waals surface area contributed by atoms with Crippen molar-refractivity contribution in [2.75, 3.05) is 26.1 Å². The largest absolute Gasteiger partial charge is 0.504 e. The molecule has 0 bridgehead atoms. The maximum Gasteiger partial charge on any atom is 0.261 e. The van der Waals surface area contributed by atoms with Crippen LogP contribution in [0.2, 0.25) is 5.04 Å². The summed E-state index contributed by atoms with van der Waals surface area (Å²) in [5.74, 6) is 0.142. The standard InChI is InChI=1S/C40H45IO7SSi/c1-40(2,3)50(32-16-10-6-11-17-32,33-18-12-7-13-19-33)48-26-31-27-49(45,46)37(25-42)38(31)35(43)21-20-30(29-14-8-5-9-15-29)22-28-23-34(41)39(44)36(24-28)47-4/h5-19,22-24,35,37,42-44H,20-21,25-27H2,1-4H3/b30-22-/t35-,37+/m1/s1. The number of aromatic hydroxyl groups is 1. The lowest BCUT2D eigenvalue weighted by atomic mass is 9.92. The number of allylic oxidation sites excluding steroid dienone is 1. The molecule has 0 spiro atoms. The summed E-state index contributed by atoms with van der Waals surface area (Å²) in [6.45, 7) is 5.88. The highest BCUT2D eigenvalue weighted by Gasteiger charge is 2.51. The van der Waals surface area contributed by atoms with Crippen LogP contribution in [-0.4, -0.2) is 69.5 Å². The SMILES string of the molecule is COc1cc(/C=C(/CC[C@@H](O)C2=C(CO[Si](c3ccccc3)(c3ccccc3)C(C)(C)C)CS(=O)(=O)[C@H]2CO)c2ccccc2)cc(I)c1O. The molecule has 10 heteroatoms. The Morgan fingerprint density at radius 1 is 0.960 bits per heavy atom. The van der Waals surface area contributed by atoms with E-state index < -0.39 is 36.1 Å². The summed E-state index contributed by atoms with van der Waals surface area (Å²) >= 11 is 2.06. The normalized spacial score (nSPS) is 17.2. The van der Waals surface area contributed by atoms with Crippen molar-refractivity contribution in [1.82, 2.24) is 0 Å². The van der Waals surface area contributed by atoms with Gasteiger partial charge in [0, 0.05) is 0 Å². The van der Waals surface area contributed by atoms with Crippen molar-refractivity contribution in [3.05, 3.63) is 129 Å². The predicted octanol–water partition coefficient (Wildman–Crippen LogP) is 6.35. The van der Waals surface area contributed by atoms with Crippen molar-refractivity contribution in [3.8, 4) is 11.5 Å². The molecule has 1 aliphatic heterocycles. The third-order valence-electron chi connectivity index (χ3n) is 9.41. The van der Waals surface area contributed by atoms with E-state index in [9.17, 15) is 23.7 Å².